The van der Waals surface area contributed by atoms with Crippen LogP contribution in [0.1, 0.15) is 5.56 Å². The van der Waals surface area contributed by atoms with E-state index < -0.39 is 10.8 Å². The van der Waals surface area contributed by atoms with Crippen LogP contribution < -0.4 is 0 Å². The predicted molar refractivity (Wildman–Crippen MR) is 87.7 cm³/mol. The van der Waals surface area contributed by atoms with E-state index in [-0.39, 0.29) is 0 Å². The Morgan fingerprint density at radius 3 is 1.90 bits per heavy atom. The quantitative estimate of drug-likeness (QED) is 0.676. The van der Waals surface area contributed by atoms with Gasteiger partial charge in [0, 0.05) is 9.79 Å². The first-order valence-electron chi connectivity index (χ1n) is 6.88. The summed E-state index contributed by atoms with van der Waals surface area (Å²) in [6, 6.07) is 26.0. The maximum absolute atomic E-state index is 12.6. The minimum absolute atomic E-state index is 0.837. The van der Waals surface area contributed by atoms with Crippen LogP contribution in [0, 0.1) is 6.92 Å². The molecule has 0 aliphatic heterocycles. The Hall–Kier alpha value is -2.19. The highest BCUT2D eigenvalue weighted by Gasteiger charge is 2.09. The van der Waals surface area contributed by atoms with Gasteiger partial charge in [-0.25, -0.2) is 4.21 Å². The number of rotatable bonds is 3. The first-order valence-corrected chi connectivity index (χ1v) is 8.03. The lowest BCUT2D eigenvalue weighted by molar-refractivity contribution is 0.682. The van der Waals surface area contributed by atoms with Crippen molar-refractivity contribution in [1.82, 2.24) is 0 Å². The predicted octanol–water partition coefficient (Wildman–Crippen LogP) is 4.83. The second-order valence-electron chi connectivity index (χ2n) is 4.92. The van der Waals surface area contributed by atoms with Crippen LogP contribution in [0.15, 0.2) is 88.7 Å². The Bertz CT molecular complexity index is 761. The van der Waals surface area contributed by atoms with E-state index in [9.17, 15) is 4.21 Å². The number of hydrogen-bond donors (Lipinski definition) is 0. The zero-order valence-electron chi connectivity index (χ0n) is 11.8. The van der Waals surface area contributed by atoms with Gasteiger partial charge in [0.1, 0.15) is 0 Å². The van der Waals surface area contributed by atoms with Gasteiger partial charge in [-0.05, 0) is 41.8 Å². The average Bonchev–Trinajstić information content (AvgIpc) is 2.56. The fourth-order valence-corrected chi connectivity index (χ4v) is 3.49. The molecule has 0 amide bonds. The molecular weight excluding hydrogens is 276 g/mol. The molecule has 0 aromatic heterocycles. The van der Waals surface area contributed by atoms with Gasteiger partial charge < -0.3 is 0 Å². The van der Waals surface area contributed by atoms with Gasteiger partial charge in [-0.1, -0.05) is 60.7 Å². The van der Waals surface area contributed by atoms with Crippen molar-refractivity contribution >= 4 is 10.8 Å². The second kappa shape index (κ2) is 6.06. The summed E-state index contributed by atoms with van der Waals surface area (Å²) in [5, 5.41) is 0. The highest BCUT2D eigenvalue weighted by Crippen LogP contribution is 2.23. The molecule has 0 N–H and O–H groups in total. The highest BCUT2D eigenvalue weighted by atomic mass is 32.2. The summed E-state index contributed by atoms with van der Waals surface area (Å²) in [5.74, 6) is 0. The average molecular weight is 292 g/mol. The Morgan fingerprint density at radius 2 is 1.24 bits per heavy atom. The molecule has 0 aliphatic rings. The molecule has 3 rings (SSSR count). The minimum atomic E-state index is -1.12. The van der Waals surface area contributed by atoms with Gasteiger partial charge >= 0.3 is 0 Å². The van der Waals surface area contributed by atoms with Gasteiger partial charge in [0.2, 0.25) is 0 Å². The first-order chi connectivity index (χ1) is 10.3. The zero-order valence-corrected chi connectivity index (χ0v) is 12.6. The fourth-order valence-electron chi connectivity index (χ4n) is 2.29. The van der Waals surface area contributed by atoms with E-state index in [0.717, 1.165) is 20.9 Å². The van der Waals surface area contributed by atoms with Crippen molar-refractivity contribution < 1.29 is 4.21 Å². The Morgan fingerprint density at radius 1 is 0.667 bits per heavy atom. The molecule has 3 aromatic rings. The van der Waals surface area contributed by atoms with Crippen LogP contribution >= 0.6 is 0 Å². The van der Waals surface area contributed by atoms with E-state index in [1.807, 2.05) is 73.7 Å². The SMILES string of the molecule is Cc1ccccc1S(=O)c1ccc(-c2ccccc2)cc1. The van der Waals surface area contributed by atoms with E-state index in [0.29, 0.717) is 0 Å². The van der Waals surface area contributed by atoms with Crippen LogP contribution in [0.2, 0.25) is 0 Å². The maximum Gasteiger partial charge on any atom is 0.0852 e. The minimum Gasteiger partial charge on any atom is -0.249 e. The Balaban J connectivity index is 1.91. The van der Waals surface area contributed by atoms with Crippen molar-refractivity contribution in [2.45, 2.75) is 16.7 Å². The molecule has 0 saturated heterocycles. The lowest BCUT2D eigenvalue weighted by Gasteiger charge is -2.07. The van der Waals surface area contributed by atoms with E-state index in [2.05, 4.69) is 12.1 Å². The van der Waals surface area contributed by atoms with Gasteiger partial charge in [0.25, 0.3) is 0 Å². The Labute approximate surface area is 127 Å². The number of hydrogen-bond acceptors (Lipinski definition) is 1. The molecule has 1 unspecified atom stereocenters. The highest BCUT2D eigenvalue weighted by molar-refractivity contribution is 7.85. The first kappa shape index (κ1) is 13.8. The van der Waals surface area contributed by atoms with Crippen LogP contribution in [0.3, 0.4) is 0 Å². The molecule has 104 valence electrons. The molecule has 2 heteroatoms. The second-order valence-corrected chi connectivity index (χ2v) is 6.37. The molecule has 0 spiro atoms. The van der Waals surface area contributed by atoms with E-state index in [1.54, 1.807) is 0 Å². The van der Waals surface area contributed by atoms with Gasteiger partial charge in [-0.15, -0.1) is 0 Å². The summed E-state index contributed by atoms with van der Waals surface area (Å²) >= 11 is 0. The van der Waals surface area contributed by atoms with Gasteiger partial charge in [-0.3, -0.25) is 0 Å². The summed E-state index contributed by atoms with van der Waals surface area (Å²) in [6.45, 7) is 1.99. The normalized spacial score (nSPS) is 12.0. The lowest BCUT2D eigenvalue weighted by atomic mass is 10.1. The molecule has 0 bridgehead atoms. The van der Waals surface area contributed by atoms with E-state index in [1.165, 1.54) is 5.56 Å². The van der Waals surface area contributed by atoms with Crippen LogP contribution in [0.25, 0.3) is 11.1 Å². The van der Waals surface area contributed by atoms with Gasteiger partial charge in [0.15, 0.2) is 0 Å². The number of aryl methyl sites for hydroxylation is 1. The standard InChI is InChI=1S/C19H16OS/c1-15-7-5-6-10-19(15)21(20)18-13-11-17(12-14-18)16-8-3-2-4-9-16/h2-14H,1H3. The monoisotopic (exact) mass is 292 g/mol. The van der Waals surface area contributed by atoms with Crippen molar-refractivity contribution in [2.75, 3.05) is 0 Å². The van der Waals surface area contributed by atoms with Crippen molar-refractivity contribution in [2.24, 2.45) is 0 Å². The molecule has 21 heavy (non-hydrogen) atoms. The molecule has 0 saturated carbocycles. The van der Waals surface area contributed by atoms with Gasteiger partial charge in [0.05, 0.1) is 10.8 Å². The molecule has 0 heterocycles. The summed E-state index contributed by atoms with van der Waals surface area (Å²) in [7, 11) is -1.12. The third-order valence-corrected chi connectivity index (χ3v) is 5.03. The molecule has 0 radical (unpaired) electrons. The fraction of sp³-hybridized carbons (Fsp3) is 0.0526. The number of benzene rings is 3. The summed E-state index contributed by atoms with van der Waals surface area (Å²) < 4.78 is 12.6. The summed E-state index contributed by atoms with van der Waals surface area (Å²) in [5.41, 5.74) is 3.37. The molecule has 0 fully saturated rings. The van der Waals surface area contributed by atoms with Gasteiger partial charge in [-0.2, -0.15) is 0 Å². The molecule has 0 aliphatic carbocycles. The molecular formula is C19H16OS. The third-order valence-electron chi connectivity index (χ3n) is 3.47. The zero-order chi connectivity index (χ0) is 14.7. The summed E-state index contributed by atoms with van der Waals surface area (Å²) in [4.78, 5) is 1.72. The summed E-state index contributed by atoms with van der Waals surface area (Å²) in [6.07, 6.45) is 0. The smallest absolute Gasteiger partial charge is 0.0852 e. The topological polar surface area (TPSA) is 17.1 Å². The molecule has 1 atom stereocenters. The van der Waals surface area contributed by atoms with Crippen LogP contribution in [0.4, 0.5) is 0 Å². The maximum atomic E-state index is 12.6. The van der Waals surface area contributed by atoms with Crippen molar-refractivity contribution in [1.29, 1.82) is 0 Å². The third kappa shape index (κ3) is 2.96. The van der Waals surface area contributed by atoms with Crippen LogP contribution in [-0.2, 0) is 10.8 Å². The van der Waals surface area contributed by atoms with Crippen molar-refractivity contribution in [3.8, 4) is 11.1 Å². The van der Waals surface area contributed by atoms with Crippen molar-refractivity contribution in [3.63, 3.8) is 0 Å². The molecule has 3 aromatic carbocycles. The van der Waals surface area contributed by atoms with E-state index in [4.69, 9.17) is 0 Å². The lowest BCUT2D eigenvalue weighted by Crippen LogP contribution is -1.95. The largest absolute Gasteiger partial charge is 0.249 e. The van der Waals surface area contributed by atoms with Crippen LogP contribution in [0.5, 0.6) is 0 Å². The van der Waals surface area contributed by atoms with E-state index >= 15 is 0 Å². The van der Waals surface area contributed by atoms with Crippen LogP contribution in [-0.4, -0.2) is 4.21 Å². The molecule has 1 nitrogen and oxygen atoms in total. The van der Waals surface area contributed by atoms with Crippen molar-refractivity contribution in [3.05, 3.63) is 84.4 Å². The Kier molecular flexibility index (Phi) is 3.98.